The van der Waals surface area contributed by atoms with Crippen LogP contribution >= 0.6 is 11.6 Å². The fraction of sp³-hybridized carbons (Fsp3) is 0.360. The number of piperidine rings is 1. The van der Waals surface area contributed by atoms with Crippen LogP contribution in [0.15, 0.2) is 65.7 Å². The summed E-state index contributed by atoms with van der Waals surface area (Å²) in [6, 6.07) is 19.8. The number of amides is 3. The highest BCUT2D eigenvalue weighted by molar-refractivity contribution is 6.31. The van der Waals surface area contributed by atoms with E-state index in [-0.39, 0.29) is 17.9 Å². The topological polar surface area (TPSA) is 61.4 Å². The van der Waals surface area contributed by atoms with Gasteiger partial charge in [-0.25, -0.2) is 4.79 Å². The Labute approximate surface area is 188 Å². The van der Waals surface area contributed by atoms with Crippen molar-refractivity contribution >= 4 is 29.6 Å². The third-order valence-electron chi connectivity index (χ3n) is 6.40. The normalized spacial score (nSPS) is 22.9. The molecule has 1 atom stereocenters. The van der Waals surface area contributed by atoms with E-state index in [2.05, 4.69) is 27.7 Å². The quantitative estimate of drug-likeness (QED) is 0.638. The van der Waals surface area contributed by atoms with Crippen molar-refractivity contribution in [2.45, 2.75) is 31.2 Å². The zero-order valence-corrected chi connectivity index (χ0v) is 18.3. The minimum Gasteiger partial charge on any atom is -0.323 e. The van der Waals surface area contributed by atoms with Gasteiger partial charge < -0.3 is 5.32 Å². The van der Waals surface area contributed by atoms with Gasteiger partial charge in [0.15, 0.2) is 0 Å². The van der Waals surface area contributed by atoms with Gasteiger partial charge in [0.25, 0.3) is 5.91 Å². The first-order valence-corrected chi connectivity index (χ1v) is 11.2. The second kappa shape index (κ2) is 9.67. The summed E-state index contributed by atoms with van der Waals surface area (Å²) >= 11 is 6.50. The van der Waals surface area contributed by atoms with Crippen molar-refractivity contribution in [1.82, 2.24) is 15.5 Å². The number of imide groups is 1. The number of carbonyl (C=O) groups is 2. The van der Waals surface area contributed by atoms with Gasteiger partial charge in [-0.3, -0.25) is 15.0 Å². The molecule has 31 heavy (non-hydrogen) atoms. The molecule has 0 aromatic heterocycles. The fourth-order valence-corrected chi connectivity index (χ4v) is 5.03. The number of nitrogens with zero attached hydrogens (tertiary/aromatic N) is 1. The molecule has 2 aromatic carbocycles. The standard InChI is InChI=1S/C25H28ClN3O2/c26-22(17-20-9-5-2-6-10-20)18-29-15-12-21(13-16-29)25(23(30)27-24(31)28-25)14-11-19-7-3-1-4-8-19/h1-10,17,21H,11-16,18H2,(H2,27,28,30,31)/b22-17-. The third-order valence-corrected chi connectivity index (χ3v) is 6.63. The van der Waals surface area contributed by atoms with Gasteiger partial charge in [0, 0.05) is 11.6 Å². The smallest absolute Gasteiger partial charge is 0.322 e. The van der Waals surface area contributed by atoms with Crippen LogP contribution in [-0.4, -0.2) is 42.0 Å². The minimum atomic E-state index is -0.831. The largest absolute Gasteiger partial charge is 0.323 e. The molecule has 2 aliphatic heterocycles. The Hall–Kier alpha value is -2.63. The summed E-state index contributed by atoms with van der Waals surface area (Å²) in [6.45, 7) is 2.39. The Morgan fingerprint density at radius 3 is 2.29 bits per heavy atom. The molecule has 0 bridgehead atoms. The molecule has 0 radical (unpaired) electrons. The predicted octanol–water partition coefficient (Wildman–Crippen LogP) is 4.19. The first kappa shape index (κ1) is 21.6. The van der Waals surface area contributed by atoms with Crippen LogP contribution in [-0.2, 0) is 11.2 Å². The molecule has 2 heterocycles. The summed E-state index contributed by atoms with van der Waals surface area (Å²) in [6.07, 6.45) is 5.05. The first-order valence-electron chi connectivity index (χ1n) is 10.9. The van der Waals surface area contributed by atoms with Gasteiger partial charge in [0.05, 0.1) is 0 Å². The predicted molar refractivity (Wildman–Crippen MR) is 124 cm³/mol. The molecular formula is C25H28ClN3O2. The molecule has 4 rings (SSSR count). The highest BCUT2D eigenvalue weighted by Crippen LogP contribution is 2.35. The Morgan fingerprint density at radius 1 is 1.03 bits per heavy atom. The van der Waals surface area contributed by atoms with Crippen LogP contribution < -0.4 is 10.6 Å². The van der Waals surface area contributed by atoms with Crippen LogP contribution in [0, 0.1) is 5.92 Å². The number of halogens is 1. The number of urea groups is 1. The number of benzene rings is 2. The van der Waals surface area contributed by atoms with Crippen molar-refractivity contribution in [2.75, 3.05) is 19.6 Å². The van der Waals surface area contributed by atoms with Gasteiger partial charge in [-0.05, 0) is 61.9 Å². The van der Waals surface area contributed by atoms with Crippen LogP contribution in [0.25, 0.3) is 6.08 Å². The van der Waals surface area contributed by atoms with E-state index >= 15 is 0 Å². The lowest BCUT2D eigenvalue weighted by Gasteiger charge is -2.40. The molecule has 162 valence electrons. The molecule has 3 amide bonds. The number of likely N-dealkylation sites (tertiary alicyclic amines) is 1. The van der Waals surface area contributed by atoms with Crippen molar-refractivity contribution in [1.29, 1.82) is 0 Å². The molecule has 2 N–H and O–H groups in total. The second-order valence-corrected chi connectivity index (χ2v) is 8.90. The van der Waals surface area contributed by atoms with Crippen molar-refractivity contribution in [3.8, 4) is 0 Å². The molecule has 2 aliphatic rings. The highest BCUT2D eigenvalue weighted by Gasteiger charge is 2.51. The van der Waals surface area contributed by atoms with E-state index in [0.717, 1.165) is 42.9 Å². The lowest BCUT2D eigenvalue weighted by atomic mass is 9.74. The number of rotatable bonds is 7. The average Bonchev–Trinajstić information content (AvgIpc) is 3.08. The molecule has 0 aliphatic carbocycles. The van der Waals surface area contributed by atoms with E-state index in [0.29, 0.717) is 13.0 Å². The number of aryl methyl sites for hydroxylation is 1. The molecular weight excluding hydrogens is 410 g/mol. The Morgan fingerprint density at radius 2 is 1.68 bits per heavy atom. The van der Waals surface area contributed by atoms with E-state index in [1.54, 1.807) is 0 Å². The number of nitrogens with one attached hydrogen (secondary N) is 2. The number of carbonyl (C=O) groups excluding carboxylic acids is 2. The average molecular weight is 438 g/mol. The van der Waals surface area contributed by atoms with Crippen molar-refractivity contribution in [3.05, 3.63) is 76.8 Å². The molecule has 2 saturated heterocycles. The Balaban J connectivity index is 1.39. The van der Waals surface area contributed by atoms with Gasteiger partial charge in [-0.1, -0.05) is 72.3 Å². The van der Waals surface area contributed by atoms with Crippen molar-refractivity contribution < 1.29 is 9.59 Å². The maximum Gasteiger partial charge on any atom is 0.322 e. The Kier molecular flexibility index (Phi) is 6.73. The zero-order chi connectivity index (χ0) is 21.7. The van der Waals surface area contributed by atoms with Gasteiger partial charge in [0.1, 0.15) is 5.54 Å². The molecule has 2 fully saturated rings. The van der Waals surface area contributed by atoms with E-state index in [1.165, 1.54) is 5.56 Å². The van der Waals surface area contributed by atoms with E-state index in [1.807, 2.05) is 54.6 Å². The van der Waals surface area contributed by atoms with E-state index in [9.17, 15) is 9.59 Å². The Bertz CT molecular complexity index is 940. The summed E-state index contributed by atoms with van der Waals surface area (Å²) in [4.78, 5) is 27.2. The molecule has 5 nitrogen and oxygen atoms in total. The molecule has 0 saturated carbocycles. The lowest BCUT2D eigenvalue weighted by Crippen LogP contribution is -2.56. The molecule has 2 aromatic rings. The number of hydrogen-bond acceptors (Lipinski definition) is 3. The van der Waals surface area contributed by atoms with E-state index in [4.69, 9.17) is 11.6 Å². The van der Waals surface area contributed by atoms with Crippen molar-refractivity contribution in [3.63, 3.8) is 0 Å². The van der Waals surface area contributed by atoms with Crippen LogP contribution in [0.2, 0.25) is 0 Å². The summed E-state index contributed by atoms with van der Waals surface area (Å²) in [5, 5.41) is 6.27. The SMILES string of the molecule is O=C1NC(=O)C(CCc2ccccc2)(C2CCN(C/C(Cl)=C/c3ccccc3)CC2)N1. The van der Waals surface area contributed by atoms with Crippen LogP contribution in [0.5, 0.6) is 0 Å². The lowest BCUT2D eigenvalue weighted by molar-refractivity contribution is -0.127. The zero-order valence-electron chi connectivity index (χ0n) is 17.5. The summed E-state index contributed by atoms with van der Waals surface area (Å²) < 4.78 is 0. The number of hydrogen-bond donors (Lipinski definition) is 2. The summed E-state index contributed by atoms with van der Waals surface area (Å²) in [5.74, 6) is -0.0790. The van der Waals surface area contributed by atoms with Crippen LogP contribution in [0.4, 0.5) is 4.79 Å². The maximum absolute atomic E-state index is 12.9. The summed E-state index contributed by atoms with van der Waals surface area (Å²) in [7, 11) is 0. The monoisotopic (exact) mass is 437 g/mol. The minimum absolute atomic E-state index is 0.107. The van der Waals surface area contributed by atoms with Crippen LogP contribution in [0.1, 0.15) is 30.4 Å². The highest BCUT2D eigenvalue weighted by atomic mass is 35.5. The van der Waals surface area contributed by atoms with Gasteiger partial charge in [-0.15, -0.1) is 0 Å². The van der Waals surface area contributed by atoms with Gasteiger partial charge in [0.2, 0.25) is 0 Å². The van der Waals surface area contributed by atoms with E-state index < -0.39 is 5.54 Å². The summed E-state index contributed by atoms with van der Waals surface area (Å²) in [5.41, 5.74) is 1.43. The fourth-order valence-electron chi connectivity index (χ4n) is 4.73. The third kappa shape index (κ3) is 5.17. The van der Waals surface area contributed by atoms with Gasteiger partial charge >= 0.3 is 6.03 Å². The van der Waals surface area contributed by atoms with Crippen LogP contribution in [0.3, 0.4) is 0 Å². The molecule has 6 heteroatoms. The maximum atomic E-state index is 12.9. The van der Waals surface area contributed by atoms with Gasteiger partial charge in [-0.2, -0.15) is 0 Å². The first-order chi connectivity index (χ1) is 15.0. The molecule has 0 spiro atoms. The molecule has 1 unspecified atom stereocenters. The second-order valence-electron chi connectivity index (χ2n) is 8.42. The van der Waals surface area contributed by atoms with Crippen molar-refractivity contribution in [2.24, 2.45) is 5.92 Å².